The third-order valence-corrected chi connectivity index (χ3v) is 10.5. The minimum Gasteiger partial charge on any atom is -0.317 e. The standard InChI is InChI=1S/C37H38N2/c1-5-37(6-2)30-19-11-13-21-32(30)39-34-23-15-14-22-33(34)38(35(39)36(37,4)26(3)27-24-25-27)31-20-12-10-18-29(31)28-16-8-7-9-17-28/h5,7-23,26-27,35H,1,6,24-25H2,2-4H3. The SMILES string of the molecule is C=CC1(CC)c2ccccc2N2c3ccccc3N(c3ccccc3-c3ccccc3)C2C1(C)C(C)C1CC1. The van der Waals surface area contributed by atoms with Gasteiger partial charge >= 0.3 is 0 Å². The van der Waals surface area contributed by atoms with Crippen LogP contribution in [-0.2, 0) is 5.41 Å². The summed E-state index contributed by atoms with van der Waals surface area (Å²) in [6.45, 7) is 12.1. The van der Waals surface area contributed by atoms with Crippen LogP contribution in [0.25, 0.3) is 11.1 Å². The Kier molecular flexibility index (Phi) is 5.53. The number of anilines is 4. The number of fused-ring (bicyclic) bond motifs is 5. The number of benzene rings is 4. The van der Waals surface area contributed by atoms with Crippen molar-refractivity contribution in [2.75, 3.05) is 9.80 Å². The van der Waals surface area contributed by atoms with Crippen LogP contribution >= 0.6 is 0 Å². The van der Waals surface area contributed by atoms with E-state index in [4.69, 9.17) is 0 Å². The van der Waals surface area contributed by atoms with Crippen LogP contribution in [0.4, 0.5) is 22.7 Å². The molecular weight excluding hydrogens is 472 g/mol. The molecule has 4 aromatic rings. The molecule has 0 aromatic heterocycles. The number of nitrogens with zero attached hydrogens (tertiary/aromatic N) is 2. The molecule has 1 fully saturated rings. The highest BCUT2D eigenvalue weighted by molar-refractivity contribution is 5.94. The molecule has 1 aliphatic carbocycles. The Hall–Kier alpha value is -3.78. The largest absolute Gasteiger partial charge is 0.317 e. The summed E-state index contributed by atoms with van der Waals surface area (Å²) in [4.78, 5) is 5.35. The van der Waals surface area contributed by atoms with E-state index in [-0.39, 0.29) is 17.0 Å². The maximum absolute atomic E-state index is 4.57. The lowest BCUT2D eigenvalue weighted by molar-refractivity contribution is 0.0456. The lowest BCUT2D eigenvalue weighted by Crippen LogP contribution is -2.65. The molecule has 0 spiro atoms. The van der Waals surface area contributed by atoms with Crippen molar-refractivity contribution in [2.45, 2.75) is 51.6 Å². The highest BCUT2D eigenvalue weighted by Crippen LogP contribution is 2.68. The summed E-state index contributed by atoms with van der Waals surface area (Å²) in [6, 6.07) is 38.0. The minimum atomic E-state index is -0.158. The minimum absolute atomic E-state index is 0.0954. The van der Waals surface area contributed by atoms with Crippen molar-refractivity contribution in [3.63, 3.8) is 0 Å². The van der Waals surface area contributed by atoms with Gasteiger partial charge in [-0.05, 0) is 66.5 Å². The maximum atomic E-state index is 4.57. The van der Waals surface area contributed by atoms with Crippen LogP contribution in [0.2, 0.25) is 0 Å². The molecule has 2 nitrogen and oxygen atoms in total. The van der Waals surface area contributed by atoms with Crippen molar-refractivity contribution < 1.29 is 0 Å². The number of allylic oxidation sites excluding steroid dienone is 1. The summed E-state index contributed by atoms with van der Waals surface area (Å²) in [5.41, 5.74) is 8.85. The second kappa shape index (κ2) is 8.88. The summed E-state index contributed by atoms with van der Waals surface area (Å²) in [7, 11) is 0. The molecule has 196 valence electrons. The number of hydrogen-bond donors (Lipinski definition) is 0. The Morgan fingerprint density at radius 3 is 1.92 bits per heavy atom. The second-order valence-electron chi connectivity index (χ2n) is 11.9. The van der Waals surface area contributed by atoms with Crippen molar-refractivity contribution in [1.29, 1.82) is 0 Å². The van der Waals surface area contributed by atoms with Crippen LogP contribution in [-0.4, -0.2) is 6.17 Å². The predicted octanol–water partition coefficient (Wildman–Crippen LogP) is 9.87. The number of rotatable bonds is 6. The predicted molar refractivity (Wildman–Crippen MR) is 165 cm³/mol. The molecule has 0 N–H and O–H groups in total. The van der Waals surface area contributed by atoms with Gasteiger partial charge in [-0.3, -0.25) is 0 Å². The van der Waals surface area contributed by atoms with E-state index in [9.17, 15) is 0 Å². The van der Waals surface area contributed by atoms with Gasteiger partial charge in [-0.15, -0.1) is 6.58 Å². The molecule has 4 atom stereocenters. The van der Waals surface area contributed by atoms with Gasteiger partial charge in [-0.25, -0.2) is 0 Å². The van der Waals surface area contributed by atoms with Crippen LogP contribution in [0.5, 0.6) is 0 Å². The topological polar surface area (TPSA) is 6.48 Å². The zero-order valence-electron chi connectivity index (χ0n) is 23.3. The van der Waals surface area contributed by atoms with Gasteiger partial charge < -0.3 is 9.80 Å². The molecule has 3 aliphatic rings. The second-order valence-corrected chi connectivity index (χ2v) is 11.9. The summed E-state index contributed by atoms with van der Waals surface area (Å²) in [5, 5.41) is 0. The molecule has 0 amide bonds. The zero-order valence-corrected chi connectivity index (χ0v) is 23.3. The van der Waals surface area contributed by atoms with E-state index in [2.05, 4.69) is 146 Å². The van der Waals surface area contributed by atoms with Crippen molar-refractivity contribution in [3.05, 3.63) is 121 Å². The van der Waals surface area contributed by atoms with E-state index < -0.39 is 0 Å². The number of para-hydroxylation sites is 4. The van der Waals surface area contributed by atoms with Crippen LogP contribution < -0.4 is 9.80 Å². The van der Waals surface area contributed by atoms with Crippen molar-refractivity contribution >= 4 is 22.7 Å². The molecule has 2 heterocycles. The van der Waals surface area contributed by atoms with E-state index in [1.54, 1.807) is 0 Å². The fourth-order valence-electron chi connectivity index (χ4n) is 8.21. The van der Waals surface area contributed by atoms with Crippen molar-refractivity contribution in [2.24, 2.45) is 17.3 Å². The Balaban J connectivity index is 1.57. The van der Waals surface area contributed by atoms with Gasteiger partial charge in [-0.2, -0.15) is 0 Å². The highest BCUT2D eigenvalue weighted by Gasteiger charge is 2.65. The van der Waals surface area contributed by atoms with Gasteiger partial charge in [0.05, 0.1) is 17.1 Å². The van der Waals surface area contributed by atoms with Crippen LogP contribution in [0.3, 0.4) is 0 Å². The summed E-state index contributed by atoms with van der Waals surface area (Å²) >= 11 is 0. The van der Waals surface area contributed by atoms with Crippen LogP contribution in [0.15, 0.2) is 116 Å². The van der Waals surface area contributed by atoms with Gasteiger partial charge in [0, 0.05) is 22.1 Å². The first kappa shape index (κ1) is 24.3. The van der Waals surface area contributed by atoms with Crippen molar-refractivity contribution in [1.82, 2.24) is 0 Å². The molecule has 7 rings (SSSR count). The maximum Gasteiger partial charge on any atom is 0.118 e. The summed E-state index contributed by atoms with van der Waals surface area (Å²) in [5.74, 6) is 1.28. The van der Waals surface area contributed by atoms with Crippen LogP contribution in [0.1, 0.15) is 45.6 Å². The molecule has 39 heavy (non-hydrogen) atoms. The van der Waals surface area contributed by atoms with Gasteiger partial charge in [0.15, 0.2) is 0 Å². The Labute approximate surface area is 233 Å². The van der Waals surface area contributed by atoms with E-state index >= 15 is 0 Å². The lowest BCUT2D eigenvalue weighted by Gasteiger charge is -2.62. The molecule has 2 heteroatoms. The smallest absolute Gasteiger partial charge is 0.118 e. The molecule has 0 bridgehead atoms. The average molecular weight is 511 g/mol. The zero-order chi connectivity index (χ0) is 26.8. The fourth-order valence-corrected chi connectivity index (χ4v) is 8.21. The normalized spacial score (nSPS) is 26.0. The van der Waals surface area contributed by atoms with Gasteiger partial charge in [0.1, 0.15) is 6.17 Å². The monoisotopic (exact) mass is 510 g/mol. The Morgan fingerprint density at radius 2 is 1.31 bits per heavy atom. The average Bonchev–Trinajstić information content (AvgIpc) is 3.79. The fraction of sp³-hybridized carbons (Fsp3) is 0.297. The van der Waals surface area contributed by atoms with Gasteiger partial charge in [-0.1, -0.05) is 106 Å². The molecular formula is C37H38N2. The molecule has 0 radical (unpaired) electrons. The quantitative estimate of drug-likeness (QED) is 0.238. The molecule has 1 saturated carbocycles. The molecule has 0 saturated heterocycles. The van der Waals surface area contributed by atoms with Crippen molar-refractivity contribution in [3.8, 4) is 11.1 Å². The summed E-state index contributed by atoms with van der Waals surface area (Å²) < 4.78 is 0. The van der Waals surface area contributed by atoms with Gasteiger partial charge in [0.2, 0.25) is 0 Å². The third kappa shape index (κ3) is 3.21. The molecule has 4 aromatic carbocycles. The highest BCUT2D eigenvalue weighted by atomic mass is 15.4. The Morgan fingerprint density at radius 1 is 0.769 bits per heavy atom. The first-order valence-electron chi connectivity index (χ1n) is 14.6. The molecule has 4 unspecified atom stereocenters. The Bertz CT molecular complexity index is 1540. The van der Waals surface area contributed by atoms with Gasteiger partial charge in [0.25, 0.3) is 0 Å². The van der Waals surface area contributed by atoms with Crippen LogP contribution in [0, 0.1) is 17.3 Å². The van der Waals surface area contributed by atoms with E-state index in [0.717, 1.165) is 12.3 Å². The first-order chi connectivity index (χ1) is 19.1. The van der Waals surface area contributed by atoms with E-state index in [0.29, 0.717) is 5.92 Å². The summed E-state index contributed by atoms with van der Waals surface area (Å²) in [6.07, 6.45) is 6.11. The lowest BCUT2D eigenvalue weighted by atomic mass is 9.50. The third-order valence-electron chi connectivity index (χ3n) is 10.5. The van der Waals surface area contributed by atoms with E-state index in [1.807, 2.05) is 0 Å². The molecule has 2 aliphatic heterocycles. The first-order valence-corrected chi connectivity index (χ1v) is 14.6. The number of hydrogen-bond acceptors (Lipinski definition) is 2. The van der Waals surface area contributed by atoms with E-state index in [1.165, 1.54) is 52.3 Å².